The van der Waals surface area contributed by atoms with Gasteiger partial charge >= 0.3 is 24.1 Å². The van der Waals surface area contributed by atoms with E-state index in [9.17, 15) is 19.2 Å². The molecular weight excluding hydrogens is 458 g/mol. The van der Waals surface area contributed by atoms with Gasteiger partial charge in [0, 0.05) is 12.8 Å². The predicted molar refractivity (Wildman–Crippen MR) is 125 cm³/mol. The van der Waals surface area contributed by atoms with Crippen LogP contribution in [0.2, 0.25) is 0 Å². The van der Waals surface area contributed by atoms with E-state index < -0.39 is 36.2 Å². The van der Waals surface area contributed by atoms with E-state index in [0.717, 1.165) is 32.1 Å². The van der Waals surface area contributed by atoms with Crippen LogP contribution in [0, 0.1) is 0 Å². The summed E-state index contributed by atoms with van der Waals surface area (Å²) in [4.78, 5) is 47.7. The Balaban J connectivity index is 1.88. The van der Waals surface area contributed by atoms with Crippen LogP contribution in [0.4, 0.5) is 4.79 Å². The Kier molecular flexibility index (Phi) is 11.5. The minimum Gasteiger partial charge on any atom is -0.458 e. The van der Waals surface area contributed by atoms with Gasteiger partial charge in [0.25, 0.3) is 0 Å². The van der Waals surface area contributed by atoms with Gasteiger partial charge in [-0.25, -0.2) is 4.79 Å². The lowest BCUT2D eigenvalue weighted by molar-refractivity contribution is -0.152. The van der Waals surface area contributed by atoms with Gasteiger partial charge in [-0.05, 0) is 56.7 Å². The van der Waals surface area contributed by atoms with E-state index in [1.54, 1.807) is 26.8 Å². The van der Waals surface area contributed by atoms with Crippen molar-refractivity contribution in [1.29, 1.82) is 0 Å². The molecule has 0 heterocycles. The summed E-state index contributed by atoms with van der Waals surface area (Å²) in [5.74, 6) is -1.50. The standard InChI is InChI=1S/C25H35NO9/c1-4-22(27)34-20-12-11-17(14-21(20)35-23(28)5-2)13-19(26)24(29)32-16(3)15-31-25(30)33-18-9-7-6-8-10-18/h11-12,14,16,18-19H,4-10,13,15,26H2,1-3H3/t16-,19-/m0/s1. The van der Waals surface area contributed by atoms with Crippen molar-refractivity contribution in [2.45, 2.75) is 90.4 Å². The molecule has 0 bridgehead atoms. The van der Waals surface area contributed by atoms with Crippen LogP contribution < -0.4 is 15.2 Å². The first-order valence-corrected chi connectivity index (χ1v) is 12.1. The molecular formula is C25H35NO9. The first kappa shape index (κ1) is 28.1. The zero-order chi connectivity index (χ0) is 25.8. The summed E-state index contributed by atoms with van der Waals surface area (Å²) in [6.07, 6.45) is 3.60. The van der Waals surface area contributed by atoms with E-state index >= 15 is 0 Å². The second-order valence-electron chi connectivity index (χ2n) is 8.43. The minimum absolute atomic E-state index is 0.0648. The molecule has 10 heteroatoms. The molecule has 0 unspecified atom stereocenters. The van der Waals surface area contributed by atoms with Gasteiger partial charge < -0.3 is 29.4 Å². The van der Waals surface area contributed by atoms with Crippen molar-refractivity contribution in [3.05, 3.63) is 23.8 Å². The van der Waals surface area contributed by atoms with E-state index in [-0.39, 0.29) is 43.5 Å². The van der Waals surface area contributed by atoms with Crippen LogP contribution in [0.1, 0.15) is 71.3 Å². The Bertz CT molecular complexity index is 880. The molecule has 1 aliphatic rings. The SMILES string of the molecule is CCC(=O)Oc1ccc(C[C@H](N)C(=O)O[C@@H](C)COC(=O)OC2CCCCC2)cc1OC(=O)CC. The molecule has 0 radical (unpaired) electrons. The molecule has 1 aromatic rings. The first-order valence-electron chi connectivity index (χ1n) is 12.1. The molecule has 0 aliphatic heterocycles. The molecule has 2 N–H and O–H groups in total. The topological polar surface area (TPSA) is 140 Å². The monoisotopic (exact) mass is 493 g/mol. The van der Waals surface area contributed by atoms with E-state index in [4.69, 9.17) is 29.4 Å². The third-order valence-corrected chi connectivity index (χ3v) is 5.36. The second kappa shape index (κ2) is 14.3. The van der Waals surface area contributed by atoms with Crippen molar-refractivity contribution in [3.8, 4) is 11.5 Å². The zero-order valence-electron chi connectivity index (χ0n) is 20.6. The Morgan fingerprint density at radius 3 is 2.23 bits per heavy atom. The number of ether oxygens (including phenoxy) is 5. The number of hydrogen-bond acceptors (Lipinski definition) is 10. The lowest BCUT2D eigenvalue weighted by Crippen LogP contribution is -2.37. The largest absolute Gasteiger partial charge is 0.508 e. The molecule has 2 atom stereocenters. The van der Waals surface area contributed by atoms with Crippen molar-refractivity contribution in [3.63, 3.8) is 0 Å². The summed E-state index contributed by atoms with van der Waals surface area (Å²) >= 11 is 0. The van der Waals surface area contributed by atoms with Crippen LogP contribution in [0.25, 0.3) is 0 Å². The number of hydrogen-bond donors (Lipinski definition) is 1. The lowest BCUT2D eigenvalue weighted by atomic mass is 9.98. The van der Waals surface area contributed by atoms with Gasteiger partial charge in [0.05, 0.1) is 0 Å². The van der Waals surface area contributed by atoms with Crippen LogP contribution in [0.5, 0.6) is 11.5 Å². The average Bonchev–Trinajstić information content (AvgIpc) is 2.84. The summed E-state index contributed by atoms with van der Waals surface area (Å²) in [6.45, 7) is 4.71. The molecule has 1 fully saturated rings. The second-order valence-corrected chi connectivity index (χ2v) is 8.43. The van der Waals surface area contributed by atoms with E-state index in [1.165, 1.54) is 12.1 Å². The third kappa shape index (κ3) is 9.94. The molecule has 35 heavy (non-hydrogen) atoms. The van der Waals surface area contributed by atoms with Crippen LogP contribution in [0.3, 0.4) is 0 Å². The third-order valence-electron chi connectivity index (χ3n) is 5.36. The average molecular weight is 494 g/mol. The summed E-state index contributed by atoms with van der Waals surface area (Å²) < 4.78 is 26.1. The van der Waals surface area contributed by atoms with Gasteiger partial charge in [-0.2, -0.15) is 0 Å². The van der Waals surface area contributed by atoms with Crippen molar-refractivity contribution in [2.75, 3.05) is 6.61 Å². The smallest absolute Gasteiger partial charge is 0.458 e. The quantitative estimate of drug-likeness (QED) is 0.359. The van der Waals surface area contributed by atoms with E-state index in [0.29, 0.717) is 5.56 Å². The molecule has 0 aromatic heterocycles. The van der Waals surface area contributed by atoms with Gasteiger partial charge in [-0.3, -0.25) is 14.4 Å². The number of carbonyl (C=O) groups excluding carboxylic acids is 4. The summed E-state index contributed by atoms with van der Waals surface area (Å²) in [6, 6.07) is 3.56. The van der Waals surface area contributed by atoms with Crippen LogP contribution >= 0.6 is 0 Å². The molecule has 1 saturated carbocycles. The highest BCUT2D eigenvalue weighted by atomic mass is 16.7. The predicted octanol–water partition coefficient (Wildman–Crippen LogP) is 3.60. The fourth-order valence-corrected chi connectivity index (χ4v) is 3.43. The zero-order valence-corrected chi connectivity index (χ0v) is 20.6. The van der Waals surface area contributed by atoms with Gasteiger partial charge in [0.15, 0.2) is 11.5 Å². The minimum atomic E-state index is -1.02. The van der Waals surface area contributed by atoms with Crippen molar-refractivity contribution >= 4 is 24.1 Å². The Labute approximate surface area is 205 Å². The molecule has 1 aliphatic carbocycles. The van der Waals surface area contributed by atoms with E-state index in [2.05, 4.69) is 0 Å². The normalized spacial score (nSPS) is 15.4. The molecule has 194 valence electrons. The van der Waals surface area contributed by atoms with Crippen molar-refractivity contribution in [1.82, 2.24) is 0 Å². The fraction of sp³-hybridized carbons (Fsp3) is 0.600. The van der Waals surface area contributed by atoms with Crippen LogP contribution in [0.15, 0.2) is 18.2 Å². The number of carbonyl (C=O) groups is 4. The lowest BCUT2D eigenvalue weighted by Gasteiger charge is -2.22. The summed E-state index contributed by atoms with van der Waals surface area (Å²) in [5.41, 5.74) is 6.57. The Morgan fingerprint density at radius 1 is 0.971 bits per heavy atom. The van der Waals surface area contributed by atoms with Crippen molar-refractivity contribution in [2.24, 2.45) is 5.73 Å². The summed E-state index contributed by atoms with van der Waals surface area (Å²) in [7, 11) is 0. The molecule has 0 spiro atoms. The number of benzene rings is 1. The first-order chi connectivity index (χ1) is 16.7. The molecule has 2 rings (SSSR count). The van der Waals surface area contributed by atoms with Gasteiger partial charge in [-0.15, -0.1) is 0 Å². The van der Waals surface area contributed by atoms with Gasteiger partial charge in [0.2, 0.25) is 0 Å². The fourth-order valence-electron chi connectivity index (χ4n) is 3.43. The maximum absolute atomic E-state index is 12.4. The Hall–Kier alpha value is -3.14. The number of rotatable bonds is 11. The maximum Gasteiger partial charge on any atom is 0.508 e. The molecule has 10 nitrogen and oxygen atoms in total. The van der Waals surface area contributed by atoms with Gasteiger partial charge in [-0.1, -0.05) is 26.3 Å². The van der Waals surface area contributed by atoms with Crippen molar-refractivity contribution < 1.29 is 42.9 Å². The van der Waals surface area contributed by atoms with Crippen LogP contribution in [-0.4, -0.2) is 48.9 Å². The highest BCUT2D eigenvalue weighted by Gasteiger charge is 2.23. The summed E-state index contributed by atoms with van der Waals surface area (Å²) in [5, 5.41) is 0. The highest BCUT2D eigenvalue weighted by molar-refractivity contribution is 5.77. The maximum atomic E-state index is 12.4. The Morgan fingerprint density at radius 2 is 1.60 bits per heavy atom. The molecule has 1 aromatic carbocycles. The van der Waals surface area contributed by atoms with Crippen LogP contribution in [-0.2, 0) is 35.0 Å². The number of nitrogens with two attached hydrogens (primary N) is 1. The molecule has 0 amide bonds. The number of esters is 3. The molecule has 0 saturated heterocycles. The van der Waals surface area contributed by atoms with Gasteiger partial charge in [0.1, 0.15) is 24.9 Å². The van der Waals surface area contributed by atoms with E-state index in [1.807, 2.05) is 0 Å². The highest BCUT2D eigenvalue weighted by Crippen LogP contribution is 2.30.